The molecule has 0 atom stereocenters. The third-order valence-electron chi connectivity index (χ3n) is 11.1. The maximum atomic E-state index is 5.24. The van der Waals surface area contributed by atoms with Gasteiger partial charge >= 0.3 is 0 Å². The molecule has 12 aromatic rings. The van der Waals surface area contributed by atoms with Crippen LogP contribution in [-0.4, -0.2) is 19.5 Å². The van der Waals surface area contributed by atoms with Crippen molar-refractivity contribution in [1.82, 2.24) is 19.5 Å². The Labute approximate surface area is 335 Å². The first-order valence-corrected chi connectivity index (χ1v) is 20.7. The molecule has 0 aliphatic rings. The van der Waals surface area contributed by atoms with Crippen molar-refractivity contribution in [3.05, 3.63) is 182 Å². The van der Waals surface area contributed by atoms with Gasteiger partial charge in [-0.15, -0.1) is 22.7 Å². The molecule has 0 spiro atoms. The van der Waals surface area contributed by atoms with Crippen LogP contribution in [0.2, 0.25) is 0 Å². The van der Waals surface area contributed by atoms with Crippen LogP contribution in [0.15, 0.2) is 182 Å². The van der Waals surface area contributed by atoms with Gasteiger partial charge in [0.25, 0.3) is 0 Å². The fourth-order valence-electron chi connectivity index (χ4n) is 8.48. The van der Waals surface area contributed by atoms with Crippen LogP contribution in [0.3, 0.4) is 0 Å². The van der Waals surface area contributed by atoms with E-state index in [1.54, 1.807) is 0 Å². The summed E-state index contributed by atoms with van der Waals surface area (Å²) in [4.78, 5) is 15.5. The molecule has 0 unspecified atom stereocenters. The van der Waals surface area contributed by atoms with Crippen molar-refractivity contribution >= 4 is 84.8 Å². The van der Waals surface area contributed by atoms with Gasteiger partial charge in [-0.2, -0.15) is 0 Å². The van der Waals surface area contributed by atoms with E-state index in [1.807, 2.05) is 59.1 Å². The highest BCUT2D eigenvalue weighted by atomic mass is 32.1. The Morgan fingerprint density at radius 3 is 1.61 bits per heavy atom. The summed E-state index contributed by atoms with van der Waals surface area (Å²) in [5.74, 6) is 1.95. The van der Waals surface area contributed by atoms with Crippen LogP contribution in [0.5, 0.6) is 0 Å². The molecule has 0 fully saturated rings. The van der Waals surface area contributed by atoms with Gasteiger partial charge in [0.2, 0.25) is 0 Å². The first kappa shape index (κ1) is 32.3. The number of rotatable bonds is 5. The van der Waals surface area contributed by atoms with Crippen molar-refractivity contribution in [1.29, 1.82) is 0 Å². The van der Waals surface area contributed by atoms with Gasteiger partial charge in [-0.1, -0.05) is 140 Å². The fourth-order valence-corrected chi connectivity index (χ4v) is 10.9. The molecule has 0 saturated carbocycles. The second kappa shape index (κ2) is 12.8. The molecular weight excluding hydrogens is 733 g/mol. The molecule has 0 radical (unpaired) electrons. The van der Waals surface area contributed by atoms with Crippen LogP contribution < -0.4 is 0 Å². The molecule has 57 heavy (non-hydrogen) atoms. The van der Waals surface area contributed by atoms with E-state index in [9.17, 15) is 0 Å². The Kier molecular flexibility index (Phi) is 7.24. The summed E-state index contributed by atoms with van der Waals surface area (Å²) in [6, 6.07) is 64.8. The highest BCUT2D eigenvalue weighted by Crippen LogP contribution is 2.48. The van der Waals surface area contributed by atoms with Gasteiger partial charge in [-0.3, -0.25) is 0 Å². The highest BCUT2D eigenvalue weighted by Gasteiger charge is 2.23. The third-order valence-corrected chi connectivity index (χ3v) is 13.5. The van der Waals surface area contributed by atoms with Gasteiger partial charge in [-0.05, 0) is 53.6 Å². The minimum Gasteiger partial charge on any atom is -0.308 e. The van der Waals surface area contributed by atoms with E-state index >= 15 is 0 Å². The number of fused-ring (bicyclic) bond motifs is 9. The summed E-state index contributed by atoms with van der Waals surface area (Å²) >= 11 is 3.71. The summed E-state index contributed by atoms with van der Waals surface area (Å²) < 4.78 is 7.47. The smallest absolute Gasteiger partial charge is 0.164 e. The lowest BCUT2D eigenvalue weighted by molar-refractivity contribution is 1.08. The van der Waals surface area contributed by atoms with Gasteiger partial charge in [0.15, 0.2) is 17.5 Å². The Morgan fingerprint density at radius 2 is 0.912 bits per heavy atom. The number of nitrogens with zero attached hydrogens (tertiary/aromatic N) is 4. The molecule has 12 rings (SSSR count). The number of hydrogen-bond donors (Lipinski definition) is 0. The molecule has 0 aliphatic carbocycles. The number of benzene rings is 8. The number of aromatic nitrogens is 4. The van der Waals surface area contributed by atoms with E-state index in [1.165, 1.54) is 67.9 Å². The maximum absolute atomic E-state index is 5.24. The number of thiophene rings is 2. The molecule has 266 valence electrons. The highest BCUT2D eigenvalue weighted by molar-refractivity contribution is 7.27. The first-order valence-electron chi connectivity index (χ1n) is 19.0. The third kappa shape index (κ3) is 5.08. The minimum absolute atomic E-state index is 0.650. The van der Waals surface area contributed by atoms with Gasteiger partial charge in [0, 0.05) is 63.1 Å². The Morgan fingerprint density at radius 1 is 0.351 bits per heavy atom. The predicted octanol–water partition coefficient (Wildman–Crippen LogP) is 14.4. The van der Waals surface area contributed by atoms with E-state index in [-0.39, 0.29) is 0 Å². The van der Waals surface area contributed by atoms with E-state index in [0.717, 1.165) is 27.8 Å². The SMILES string of the molecule is c1ccc(-c2nc(-c3ccccc3)nc(-c3ccc(-c4ccc5sc6ccccc6c5c4)c4sc5c(-n6c7ccccc7c7ccccc76)cccc5c34)n2)cc1. The number of para-hydroxylation sites is 2. The summed E-state index contributed by atoms with van der Waals surface area (Å²) in [5, 5.41) is 7.40. The number of hydrogen-bond acceptors (Lipinski definition) is 5. The first-order chi connectivity index (χ1) is 28.3. The molecule has 0 bridgehead atoms. The topological polar surface area (TPSA) is 43.6 Å². The molecule has 0 N–H and O–H groups in total. The van der Waals surface area contributed by atoms with Crippen molar-refractivity contribution in [2.45, 2.75) is 0 Å². The molecule has 4 heterocycles. The normalized spacial score (nSPS) is 11.9. The zero-order chi connectivity index (χ0) is 37.5. The quantitative estimate of drug-likeness (QED) is 0.175. The molecule has 6 heteroatoms. The molecule has 4 nitrogen and oxygen atoms in total. The van der Waals surface area contributed by atoms with Crippen molar-refractivity contribution in [3.63, 3.8) is 0 Å². The maximum Gasteiger partial charge on any atom is 0.164 e. The summed E-state index contributed by atoms with van der Waals surface area (Å²) in [6.45, 7) is 0. The largest absolute Gasteiger partial charge is 0.308 e. The monoisotopic (exact) mass is 762 g/mol. The van der Waals surface area contributed by atoms with Gasteiger partial charge in [-0.25, -0.2) is 15.0 Å². The van der Waals surface area contributed by atoms with Crippen molar-refractivity contribution in [2.75, 3.05) is 0 Å². The van der Waals surface area contributed by atoms with Crippen molar-refractivity contribution in [2.24, 2.45) is 0 Å². The molecule has 0 aliphatic heterocycles. The lowest BCUT2D eigenvalue weighted by Crippen LogP contribution is -2.00. The van der Waals surface area contributed by atoms with Crippen LogP contribution >= 0.6 is 22.7 Å². The fraction of sp³-hybridized carbons (Fsp3) is 0. The van der Waals surface area contributed by atoms with E-state index in [2.05, 4.69) is 150 Å². The summed E-state index contributed by atoms with van der Waals surface area (Å²) in [5.41, 5.74) is 8.82. The van der Waals surface area contributed by atoms with Crippen LogP contribution in [0.1, 0.15) is 0 Å². The molecular formula is C51H30N4S2. The predicted molar refractivity (Wildman–Crippen MR) is 242 cm³/mol. The molecule has 4 aromatic heterocycles. The summed E-state index contributed by atoms with van der Waals surface area (Å²) in [6.07, 6.45) is 0. The van der Waals surface area contributed by atoms with Crippen LogP contribution in [0.25, 0.3) is 113 Å². The average molecular weight is 763 g/mol. The lowest BCUT2D eigenvalue weighted by atomic mass is 9.97. The summed E-state index contributed by atoms with van der Waals surface area (Å²) in [7, 11) is 0. The van der Waals surface area contributed by atoms with Crippen LogP contribution in [0.4, 0.5) is 0 Å². The van der Waals surface area contributed by atoms with Crippen LogP contribution in [0, 0.1) is 0 Å². The zero-order valence-corrected chi connectivity index (χ0v) is 32.1. The second-order valence-corrected chi connectivity index (χ2v) is 16.4. The second-order valence-electron chi connectivity index (χ2n) is 14.3. The molecule has 0 amide bonds. The van der Waals surface area contributed by atoms with Crippen molar-refractivity contribution in [3.8, 4) is 51.0 Å². The zero-order valence-electron chi connectivity index (χ0n) is 30.4. The van der Waals surface area contributed by atoms with Gasteiger partial charge < -0.3 is 4.57 Å². The van der Waals surface area contributed by atoms with E-state index < -0.39 is 0 Å². The molecule has 8 aromatic carbocycles. The Hall–Kier alpha value is -6.99. The van der Waals surface area contributed by atoms with E-state index in [0.29, 0.717) is 17.5 Å². The Balaban J connectivity index is 1.18. The van der Waals surface area contributed by atoms with Crippen molar-refractivity contribution < 1.29 is 0 Å². The van der Waals surface area contributed by atoms with E-state index in [4.69, 9.17) is 15.0 Å². The van der Waals surface area contributed by atoms with Gasteiger partial charge in [0.05, 0.1) is 21.4 Å². The Bertz CT molecular complexity index is 3410. The average Bonchev–Trinajstić information content (AvgIpc) is 3.96. The minimum atomic E-state index is 0.650. The lowest BCUT2D eigenvalue weighted by Gasteiger charge is -2.12. The standard InChI is InChI=1S/C51H30N4S2/c1-3-14-31(15-4-1)49-52-50(32-16-5-2-6-17-32)54-51(53-49)39-28-27-34(33-26-29-45-40(30-33)37-20-9-12-25-44(37)56-45)48-46(39)38-21-13-24-43(47(38)57-48)55-41-22-10-7-18-35(41)36-19-8-11-23-42(36)55/h1-30H. The van der Waals surface area contributed by atoms with Crippen LogP contribution in [-0.2, 0) is 0 Å². The molecule has 0 saturated heterocycles. The van der Waals surface area contributed by atoms with Gasteiger partial charge in [0.1, 0.15) is 0 Å².